The van der Waals surface area contributed by atoms with Crippen molar-refractivity contribution in [3.8, 4) is 11.5 Å². The maximum atomic E-state index is 11.8. The fourth-order valence-electron chi connectivity index (χ4n) is 1.46. The molecule has 0 spiro atoms. The van der Waals surface area contributed by atoms with Gasteiger partial charge in [-0.25, -0.2) is 0 Å². The summed E-state index contributed by atoms with van der Waals surface area (Å²) in [5.41, 5.74) is 0.655. The molecule has 1 N–H and O–H groups in total. The molecule has 0 fully saturated rings. The molecule has 0 heterocycles. The summed E-state index contributed by atoms with van der Waals surface area (Å²) in [4.78, 5) is 0. The third-order valence-electron chi connectivity index (χ3n) is 2.42. The summed E-state index contributed by atoms with van der Waals surface area (Å²) in [6.07, 6.45) is -4.98. The number of aliphatic hydroxyl groups is 1. The maximum absolute atomic E-state index is 11.8. The van der Waals surface area contributed by atoms with Crippen molar-refractivity contribution in [1.29, 1.82) is 0 Å². The molecule has 0 radical (unpaired) electrons. The van der Waals surface area contributed by atoms with Gasteiger partial charge in [-0.3, -0.25) is 0 Å². The summed E-state index contributed by atoms with van der Waals surface area (Å²) >= 11 is 0. The number of benzene rings is 1. The summed E-state index contributed by atoms with van der Waals surface area (Å²) < 4.78 is 50.3. The zero-order chi connectivity index (χ0) is 15.2. The van der Waals surface area contributed by atoms with Crippen molar-refractivity contribution in [2.75, 3.05) is 26.9 Å². The molecule has 0 aromatic heterocycles. The smallest absolute Gasteiger partial charge is 0.411 e. The fourth-order valence-corrected chi connectivity index (χ4v) is 1.46. The van der Waals surface area contributed by atoms with Gasteiger partial charge in [-0.05, 0) is 24.6 Å². The van der Waals surface area contributed by atoms with E-state index in [0.717, 1.165) is 0 Å². The van der Waals surface area contributed by atoms with Crippen LogP contribution in [0.15, 0.2) is 18.2 Å². The monoisotopic (exact) mass is 294 g/mol. The highest BCUT2D eigenvalue weighted by atomic mass is 19.4. The first-order chi connectivity index (χ1) is 9.33. The largest absolute Gasteiger partial charge is 0.493 e. The van der Waals surface area contributed by atoms with E-state index in [0.29, 0.717) is 17.1 Å². The van der Waals surface area contributed by atoms with Gasteiger partial charge in [-0.1, -0.05) is 6.07 Å². The van der Waals surface area contributed by atoms with Crippen molar-refractivity contribution in [3.05, 3.63) is 23.8 Å². The molecule has 0 bridgehead atoms. The second kappa shape index (κ2) is 7.35. The Morgan fingerprint density at radius 2 is 1.90 bits per heavy atom. The van der Waals surface area contributed by atoms with Crippen molar-refractivity contribution in [1.82, 2.24) is 0 Å². The minimum Gasteiger partial charge on any atom is -0.493 e. The Kier molecular flexibility index (Phi) is 6.09. The summed E-state index contributed by atoms with van der Waals surface area (Å²) in [6, 6.07) is 4.85. The van der Waals surface area contributed by atoms with Crippen molar-refractivity contribution in [3.63, 3.8) is 0 Å². The molecule has 1 atom stereocenters. The van der Waals surface area contributed by atoms with Gasteiger partial charge in [0.2, 0.25) is 0 Å². The van der Waals surface area contributed by atoms with E-state index in [1.54, 1.807) is 25.1 Å². The predicted molar refractivity (Wildman–Crippen MR) is 66.0 cm³/mol. The van der Waals surface area contributed by atoms with Crippen LogP contribution in [0.5, 0.6) is 11.5 Å². The average Bonchev–Trinajstić information content (AvgIpc) is 2.36. The van der Waals surface area contributed by atoms with Crippen LogP contribution in [0.2, 0.25) is 0 Å². The number of hydrogen-bond donors (Lipinski definition) is 1. The van der Waals surface area contributed by atoms with Gasteiger partial charge in [0.1, 0.15) is 13.2 Å². The molecule has 0 amide bonds. The second-order valence-electron chi connectivity index (χ2n) is 4.10. The van der Waals surface area contributed by atoms with Crippen LogP contribution < -0.4 is 9.47 Å². The SMILES string of the molecule is COc1cc([C@H](C)O)ccc1OCCOCC(F)(F)F. The third kappa shape index (κ3) is 5.66. The Morgan fingerprint density at radius 1 is 1.20 bits per heavy atom. The molecule has 1 rings (SSSR count). The topological polar surface area (TPSA) is 47.9 Å². The Hall–Kier alpha value is -1.47. The highest BCUT2D eigenvalue weighted by Crippen LogP contribution is 2.30. The Bertz CT molecular complexity index is 419. The van der Waals surface area contributed by atoms with E-state index in [9.17, 15) is 18.3 Å². The lowest BCUT2D eigenvalue weighted by Gasteiger charge is -2.13. The first-order valence-corrected chi connectivity index (χ1v) is 5.97. The molecule has 1 aromatic carbocycles. The number of ether oxygens (including phenoxy) is 3. The number of alkyl halides is 3. The number of rotatable bonds is 7. The molecule has 0 aliphatic carbocycles. The normalized spacial score (nSPS) is 13.1. The van der Waals surface area contributed by atoms with E-state index in [-0.39, 0.29) is 13.2 Å². The van der Waals surface area contributed by atoms with E-state index in [1.165, 1.54) is 7.11 Å². The van der Waals surface area contributed by atoms with Crippen LogP contribution in [0.25, 0.3) is 0 Å². The molecule has 0 saturated carbocycles. The molecule has 4 nitrogen and oxygen atoms in total. The summed E-state index contributed by atoms with van der Waals surface area (Å²) in [5, 5.41) is 9.43. The van der Waals surface area contributed by atoms with Crippen LogP contribution in [0.1, 0.15) is 18.6 Å². The van der Waals surface area contributed by atoms with Gasteiger partial charge in [-0.2, -0.15) is 13.2 Å². The Balaban J connectivity index is 2.47. The zero-order valence-electron chi connectivity index (χ0n) is 11.2. The van der Waals surface area contributed by atoms with Gasteiger partial charge in [0.05, 0.1) is 19.8 Å². The van der Waals surface area contributed by atoms with Crippen LogP contribution in [0, 0.1) is 0 Å². The minimum atomic E-state index is -4.34. The Morgan fingerprint density at radius 3 is 2.45 bits per heavy atom. The van der Waals surface area contributed by atoms with Crippen LogP contribution in [-0.4, -0.2) is 38.2 Å². The van der Waals surface area contributed by atoms with Gasteiger partial charge < -0.3 is 19.3 Å². The van der Waals surface area contributed by atoms with Crippen molar-refractivity contribution >= 4 is 0 Å². The Labute approximate surface area is 115 Å². The molecule has 1 aromatic rings. The van der Waals surface area contributed by atoms with E-state index >= 15 is 0 Å². The lowest BCUT2D eigenvalue weighted by molar-refractivity contribution is -0.175. The molecule has 20 heavy (non-hydrogen) atoms. The number of methoxy groups -OCH3 is 1. The second-order valence-corrected chi connectivity index (χ2v) is 4.10. The van der Waals surface area contributed by atoms with Gasteiger partial charge in [0, 0.05) is 0 Å². The van der Waals surface area contributed by atoms with Crippen LogP contribution >= 0.6 is 0 Å². The van der Waals surface area contributed by atoms with Crippen molar-refractivity contribution in [2.24, 2.45) is 0 Å². The molecular formula is C13H17F3O4. The van der Waals surface area contributed by atoms with Crippen LogP contribution in [-0.2, 0) is 4.74 Å². The lowest BCUT2D eigenvalue weighted by Crippen LogP contribution is -2.19. The van der Waals surface area contributed by atoms with Gasteiger partial charge in [0.25, 0.3) is 0 Å². The van der Waals surface area contributed by atoms with Gasteiger partial charge in [-0.15, -0.1) is 0 Å². The molecule has 0 aliphatic heterocycles. The minimum absolute atomic E-state index is 0.0273. The lowest BCUT2D eigenvalue weighted by atomic mass is 10.1. The first-order valence-electron chi connectivity index (χ1n) is 5.97. The zero-order valence-corrected chi connectivity index (χ0v) is 11.2. The van der Waals surface area contributed by atoms with Crippen LogP contribution in [0.4, 0.5) is 13.2 Å². The molecule has 114 valence electrons. The molecule has 0 saturated heterocycles. The quantitative estimate of drug-likeness (QED) is 0.786. The molecule has 7 heteroatoms. The van der Waals surface area contributed by atoms with Crippen molar-refractivity contribution < 1.29 is 32.5 Å². The summed E-state index contributed by atoms with van der Waals surface area (Å²) in [7, 11) is 1.44. The van der Waals surface area contributed by atoms with E-state index in [4.69, 9.17) is 9.47 Å². The van der Waals surface area contributed by atoms with E-state index < -0.39 is 18.9 Å². The maximum Gasteiger partial charge on any atom is 0.411 e. The summed E-state index contributed by atoms with van der Waals surface area (Å²) in [5.74, 6) is 0.784. The molecular weight excluding hydrogens is 277 g/mol. The third-order valence-corrected chi connectivity index (χ3v) is 2.42. The molecule has 0 aliphatic rings. The highest BCUT2D eigenvalue weighted by molar-refractivity contribution is 5.43. The standard InChI is InChI=1S/C13H17F3O4/c1-9(17)10-3-4-11(12(7-10)18-2)20-6-5-19-8-13(14,15)16/h3-4,7,9,17H,5-6,8H2,1-2H3/t9-/m0/s1. The van der Waals surface area contributed by atoms with Crippen molar-refractivity contribution in [2.45, 2.75) is 19.2 Å². The highest BCUT2D eigenvalue weighted by Gasteiger charge is 2.27. The van der Waals surface area contributed by atoms with Crippen LogP contribution in [0.3, 0.4) is 0 Å². The number of hydrogen-bond acceptors (Lipinski definition) is 4. The molecule has 0 unspecified atom stereocenters. The number of halogens is 3. The first kappa shape index (κ1) is 16.6. The van der Waals surface area contributed by atoms with Gasteiger partial charge in [0.15, 0.2) is 11.5 Å². The number of aliphatic hydroxyl groups excluding tert-OH is 1. The van der Waals surface area contributed by atoms with E-state index in [1.807, 2.05) is 0 Å². The predicted octanol–water partition coefficient (Wildman–Crippen LogP) is 2.71. The van der Waals surface area contributed by atoms with Gasteiger partial charge >= 0.3 is 6.18 Å². The fraction of sp³-hybridized carbons (Fsp3) is 0.538. The summed E-state index contributed by atoms with van der Waals surface area (Å²) in [6.45, 7) is 0.107. The average molecular weight is 294 g/mol. The van der Waals surface area contributed by atoms with E-state index in [2.05, 4.69) is 4.74 Å².